The summed E-state index contributed by atoms with van der Waals surface area (Å²) in [6, 6.07) is 1.84. The molecule has 6 heteroatoms. The molecule has 6 nitrogen and oxygen atoms in total. The Hall–Kier alpha value is -1.56. The Morgan fingerprint density at radius 1 is 1.71 bits per heavy atom. The predicted molar refractivity (Wildman–Crippen MR) is 63.1 cm³/mol. The molecule has 2 heterocycles. The van der Waals surface area contributed by atoms with Gasteiger partial charge >= 0.3 is 0 Å². The minimum absolute atomic E-state index is 0.141. The number of hydrogen-bond acceptors (Lipinski definition) is 4. The number of hydrogen-bond donors (Lipinski definition) is 2. The van der Waals surface area contributed by atoms with Gasteiger partial charge in [-0.1, -0.05) is 0 Å². The van der Waals surface area contributed by atoms with Crippen LogP contribution in [0.2, 0.25) is 0 Å². The second-order valence-corrected chi connectivity index (χ2v) is 4.21. The van der Waals surface area contributed by atoms with Gasteiger partial charge in [-0.05, 0) is 19.4 Å². The van der Waals surface area contributed by atoms with E-state index in [1.165, 1.54) is 0 Å². The van der Waals surface area contributed by atoms with Gasteiger partial charge in [-0.15, -0.1) is 0 Å². The van der Waals surface area contributed by atoms with Crippen molar-refractivity contribution in [3.63, 3.8) is 0 Å². The van der Waals surface area contributed by atoms with Crippen molar-refractivity contribution in [2.75, 3.05) is 20.2 Å². The van der Waals surface area contributed by atoms with Gasteiger partial charge in [0.2, 0.25) is 5.88 Å². The molecule has 17 heavy (non-hydrogen) atoms. The van der Waals surface area contributed by atoms with Crippen LogP contribution in [0, 0.1) is 0 Å². The second-order valence-electron chi connectivity index (χ2n) is 4.21. The van der Waals surface area contributed by atoms with Gasteiger partial charge in [-0.3, -0.25) is 4.79 Å². The fraction of sp³-hybridized carbons (Fsp3) is 0.636. The van der Waals surface area contributed by atoms with E-state index >= 15 is 0 Å². The Morgan fingerprint density at radius 3 is 3.12 bits per heavy atom. The summed E-state index contributed by atoms with van der Waals surface area (Å²) in [7, 11) is 3.31. The smallest absolute Gasteiger partial charge is 0.272 e. The van der Waals surface area contributed by atoms with Crippen molar-refractivity contribution in [3.8, 4) is 5.88 Å². The summed E-state index contributed by atoms with van der Waals surface area (Å²) in [5.41, 5.74) is 0.398. The third kappa shape index (κ3) is 2.76. The Kier molecular flexibility index (Phi) is 3.63. The lowest BCUT2D eigenvalue weighted by molar-refractivity contribution is 0.0925. The minimum atomic E-state index is -0.141. The van der Waals surface area contributed by atoms with E-state index in [1.54, 1.807) is 24.9 Å². The molecular formula is C11H18N4O2. The molecule has 1 saturated heterocycles. The molecule has 0 aromatic carbocycles. The fourth-order valence-electron chi connectivity index (χ4n) is 1.99. The average molecular weight is 238 g/mol. The average Bonchev–Trinajstić information content (AvgIpc) is 2.72. The molecule has 94 valence electrons. The van der Waals surface area contributed by atoms with E-state index in [0.717, 1.165) is 25.9 Å². The van der Waals surface area contributed by atoms with Crippen LogP contribution in [-0.2, 0) is 7.05 Å². The van der Waals surface area contributed by atoms with E-state index in [-0.39, 0.29) is 11.9 Å². The maximum Gasteiger partial charge on any atom is 0.272 e. The number of aryl methyl sites for hydroxylation is 1. The van der Waals surface area contributed by atoms with Crippen molar-refractivity contribution in [3.05, 3.63) is 11.8 Å². The summed E-state index contributed by atoms with van der Waals surface area (Å²) in [4.78, 5) is 11.9. The Labute approximate surface area is 100 Å². The molecule has 1 aliphatic heterocycles. The van der Waals surface area contributed by atoms with E-state index in [0.29, 0.717) is 11.6 Å². The SMILES string of the molecule is COc1cc(C(=O)N[C@H]2CCCNC2)nn1C. The first-order chi connectivity index (χ1) is 8.20. The highest BCUT2D eigenvalue weighted by molar-refractivity contribution is 5.92. The number of ether oxygens (including phenoxy) is 1. The van der Waals surface area contributed by atoms with Crippen molar-refractivity contribution in [1.82, 2.24) is 20.4 Å². The molecule has 0 bridgehead atoms. The molecule has 1 fully saturated rings. The van der Waals surface area contributed by atoms with Crippen LogP contribution in [0.25, 0.3) is 0 Å². The van der Waals surface area contributed by atoms with Gasteiger partial charge in [0, 0.05) is 25.7 Å². The second kappa shape index (κ2) is 5.18. The Morgan fingerprint density at radius 2 is 2.53 bits per heavy atom. The van der Waals surface area contributed by atoms with Crippen molar-refractivity contribution < 1.29 is 9.53 Å². The molecule has 0 saturated carbocycles. The van der Waals surface area contributed by atoms with E-state index < -0.39 is 0 Å². The number of nitrogens with one attached hydrogen (secondary N) is 2. The number of piperidine rings is 1. The first-order valence-corrected chi connectivity index (χ1v) is 5.80. The minimum Gasteiger partial charge on any atom is -0.481 e. The highest BCUT2D eigenvalue weighted by atomic mass is 16.5. The van der Waals surface area contributed by atoms with Crippen molar-refractivity contribution in [2.24, 2.45) is 7.05 Å². The van der Waals surface area contributed by atoms with Gasteiger partial charge in [-0.25, -0.2) is 4.68 Å². The monoisotopic (exact) mass is 238 g/mol. The number of carbonyl (C=O) groups excluding carboxylic acids is 1. The first-order valence-electron chi connectivity index (χ1n) is 5.80. The Balaban J connectivity index is 1.98. The van der Waals surface area contributed by atoms with E-state index in [2.05, 4.69) is 15.7 Å². The van der Waals surface area contributed by atoms with Crippen molar-refractivity contribution in [1.29, 1.82) is 0 Å². The van der Waals surface area contributed by atoms with Gasteiger partial charge in [-0.2, -0.15) is 5.10 Å². The number of aromatic nitrogens is 2. The molecule has 1 amide bonds. The maximum atomic E-state index is 11.9. The molecule has 2 rings (SSSR count). The molecule has 0 aliphatic carbocycles. The fourth-order valence-corrected chi connectivity index (χ4v) is 1.99. The summed E-state index contributed by atoms with van der Waals surface area (Å²) < 4.78 is 6.62. The van der Waals surface area contributed by atoms with Crippen LogP contribution in [0.1, 0.15) is 23.3 Å². The highest BCUT2D eigenvalue weighted by Gasteiger charge is 2.19. The summed E-state index contributed by atoms with van der Waals surface area (Å²) in [6.45, 7) is 1.86. The van der Waals surface area contributed by atoms with Crippen LogP contribution in [0.4, 0.5) is 0 Å². The molecule has 1 atom stereocenters. The van der Waals surface area contributed by atoms with Crippen LogP contribution in [0.3, 0.4) is 0 Å². The first kappa shape index (κ1) is 11.9. The number of amides is 1. The summed E-state index contributed by atoms with van der Waals surface area (Å²) in [5, 5.41) is 10.3. The molecule has 1 aromatic rings. The van der Waals surface area contributed by atoms with Gasteiger partial charge in [0.25, 0.3) is 5.91 Å². The predicted octanol–water partition coefficient (Wildman–Crippen LogP) is -0.0895. The molecule has 1 aliphatic rings. The van der Waals surface area contributed by atoms with Gasteiger partial charge in [0.1, 0.15) is 0 Å². The van der Waals surface area contributed by atoms with Crippen LogP contribution >= 0.6 is 0 Å². The number of nitrogens with zero attached hydrogens (tertiary/aromatic N) is 2. The molecule has 2 N–H and O–H groups in total. The van der Waals surface area contributed by atoms with E-state index in [9.17, 15) is 4.79 Å². The zero-order chi connectivity index (χ0) is 12.3. The quantitative estimate of drug-likeness (QED) is 0.772. The summed E-state index contributed by atoms with van der Waals surface area (Å²) in [5.74, 6) is 0.439. The summed E-state index contributed by atoms with van der Waals surface area (Å²) in [6.07, 6.45) is 2.11. The standard InChI is InChI=1S/C11H18N4O2/c1-15-10(17-2)6-9(14-15)11(16)13-8-4-3-5-12-7-8/h6,8,12H,3-5,7H2,1-2H3,(H,13,16)/t8-/m0/s1. The lowest BCUT2D eigenvalue weighted by Crippen LogP contribution is -2.45. The van der Waals surface area contributed by atoms with Gasteiger partial charge in [0.15, 0.2) is 5.69 Å². The number of methoxy groups -OCH3 is 1. The molecule has 1 aromatic heterocycles. The molecule has 0 spiro atoms. The van der Waals surface area contributed by atoms with Crippen LogP contribution in [0.15, 0.2) is 6.07 Å². The Bertz CT molecular complexity index is 396. The van der Waals surface area contributed by atoms with Gasteiger partial charge in [0.05, 0.1) is 7.11 Å². The van der Waals surface area contributed by atoms with E-state index in [4.69, 9.17) is 4.74 Å². The maximum absolute atomic E-state index is 11.9. The lowest BCUT2D eigenvalue weighted by Gasteiger charge is -2.23. The van der Waals surface area contributed by atoms with Gasteiger partial charge < -0.3 is 15.4 Å². The van der Waals surface area contributed by atoms with Crippen molar-refractivity contribution >= 4 is 5.91 Å². The van der Waals surface area contributed by atoms with Crippen LogP contribution in [-0.4, -0.2) is 41.9 Å². The molecule has 0 unspecified atom stereocenters. The molecular weight excluding hydrogens is 220 g/mol. The summed E-state index contributed by atoms with van der Waals surface area (Å²) >= 11 is 0. The largest absolute Gasteiger partial charge is 0.481 e. The number of carbonyl (C=O) groups is 1. The highest BCUT2D eigenvalue weighted by Crippen LogP contribution is 2.11. The van der Waals surface area contributed by atoms with Crippen LogP contribution in [0.5, 0.6) is 5.88 Å². The third-order valence-corrected chi connectivity index (χ3v) is 2.91. The van der Waals surface area contributed by atoms with Crippen LogP contribution < -0.4 is 15.4 Å². The molecule has 0 radical (unpaired) electrons. The zero-order valence-corrected chi connectivity index (χ0v) is 10.2. The topological polar surface area (TPSA) is 68.2 Å². The lowest BCUT2D eigenvalue weighted by atomic mass is 10.1. The van der Waals surface area contributed by atoms with E-state index in [1.807, 2.05) is 0 Å². The zero-order valence-electron chi connectivity index (χ0n) is 10.2. The normalized spacial score (nSPS) is 20.0. The third-order valence-electron chi connectivity index (χ3n) is 2.91. The van der Waals surface area contributed by atoms with Crippen molar-refractivity contribution in [2.45, 2.75) is 18.9 Å². The number of rotatable bonds is 3.